The van der Waals surface area contributed by atoms with Crippen molar-refractivity contribution in [3.63, 3.8) is 0 Å². The van der Waals surface area contributed by atoms with Gasteiger partial charge in [-0.3, -0.25) is 4.98 Å². The summed E-state index contributed by atoms with van der Waals surface area (Å²) in [5, 5.41) is 5.89. The number of nitrogens with one attached hydrogen (secondary N) is 1. The summed E-state index contributed by atoms with van der Waals surface area (Å²) in [5.74, 6) is 1.61. The monoisotopic (exact) mass is 337 g/mol. The van der Waals surface area contributed by atoms with Crippen LogP contribution in [0.3, 0.4) is 0 Å². The molecule has 7 heteroatoms. The quantitative estimate of drug-likeness (QED) is 0.568. The van der Waals surface area contributed by atoms with Crippen molar-refractivity contribution in [2.45, 2.75) is 19.9 Å². The van der Waals surface area contributed by atoms with E-state index in [0.29, 0.717) is 0 Å². The van der Waals surface area contributed by atoms with Gasteiger partial charge in [-0.15, -0.1) is 16.4 Å². The molecule has 0 saturated carbocycles. The van der Waals surface area contributed by atoms with Gasteiger partial charge in [0.2, 0.25) is 0 Å². The molecule has 4 aromatic rings. The topological polar surface area (TPSA) is 60.4 Å². The Bertz CT molecular complexity index is 1070. The van der Waals surface area contributed by atoms with E-state index < -0.39 is 0 Å². The maximum atomic E-state index is 4.86. The zero-order valence-corrected chi connectivity index (χ0v) is 14.4. The number of aromatic nitrogens is 5. The minimum atomic E-state index is 0.730. The highest BCUT2D eigenvalue weighted by atomic mass is 32.1. The van der Waals surface area contributed by atoms with Gasteiger partial charge < -0.3 is 4.90 Å². The fraction of sp³-hybridized carbons (Fsp3) is 0.294. The number of aryl methyl sites for hydroxylation is 1. The predicted molar refractivity (Wildman–Crippen MR) is 93.3 cm³/mol. The van der Waals surface area contributed by atoms with Gasteiger partial charge in [-0.25, -0.2) is 9.97 Å². The lowest BCUT2D eigenvalue weighted by molar-refractivity contribution is -0.895. The van der Waals surface area contributed by atoms with Gasteiger partial charge in [0.05, 0.1) is 23.9 Å². The number of quaternary nitrogens is 1. The van der Waals surface area contributed by atoms with E-state index in [1.165, 1.54) is 15.8 Å². The largest absolute Gasteiger partial charge is 0.333 e. The maximum absolute atomic E-state index is 4.86. The molecule has 120 valence electrons. The zero-order chi connectivity index (χ0) is 16.3. The van der Waals surface area contributed by atoms with Crippen molar-refractivity contribution < 1.29 is 4.90 Å². The van der Waals surface area contributed by atoms with E-state index in [1.54, 1.807) is 17.3 Å². The van der Waals surface area contributed by atoms with Gasteiger partial charge in [0.15, 0.2) is 11.5 Å². The smallest absolute Gasteiger partial charge is 0.182 e. The van der Waals surface area contributed by atoms with Crippen LogP contribution in [0, 0.1) is 6.92 Å². The van der Waals surface area contributed by atoms with Crippen molar-refractivity contribution in [1.29, 1.82) is 0 Å². The van der Waals surface area contributed by atoms with Crippen molar-refractivity contribution in [1.82, 2.24) is 24.6 Å². The maximum Gasteiger partial charge on any atom is 0.182 e. The second-order valence-corrected chi connectivity index (χ2v) is 7.47. The summed E-state index contributed by atoms with van der Waals surface area (Å²) >= 11 is 1.81. The normalized spacial score (nSPS) is 17.5. The van der Waals surface area contributed by atoms with E-state index in [-0.39, 0.29) is 0 Å². The number of nitrogens with zero attached hydrogens (tertiary/aromatic N) is 5. The Hall–Kier alpha value is -2.38. The number of thiophene rings is 1. The molecule has 5 rings (SSSR count). The first-order valence-corrected chi connectivity index (χ1v) is 8.91. The Morgan fingerprint density at radius 1 is 1.21 bits per heavy atom. The Kier molecular flexibility index (Phi) is 2.95. The summed E-state index contributed by atoms with van der Waals surface area (Å²) in [7, 11) is 2.25. The van der Waals surface area contributed by atoms with Crippen molar-refractivity contribution >= 4 is 27.2 Å². The summed E-state index contributed by atoms with van der Waals surface area (Å²) in [6.45, 7) is 4.23. The molecular formula is C17H17N6S+. The summed E-state index contributed by atoms with van der Waals surface area (Å²) < 4.78 is 1.89. The van der Waals surface area contributed by atoms with Crippen LogP contribution in [0.5, 0.6) is 0 Å². The average molecular weight is 337 g/mol. The van der Waals surface area contributed by atoms with Gasteiger partial charge in [-0.05, 0) is 24.6 Å². The fourth-order valence-corrected chi connectivity index (χ4v) is 4.81. The first-order valence-electron chi connectivity index (χ1n) is 8.10. The molecule has 0 bridgehead atoms. The van der Waals surface area contributed by atoms with Crippen LogP contribution in [0.4, 0.5) is 0 Å². The summed E-state index contributed by atoms with van der Waals surface area (Å²) in [4.78, 5) is 17.8. The molecule has 1 N–H and O–H groups in total. The summed E-state index contributed by atoms with van der Waals surface area (Å²) in [5.41, 5.74) is 3.34. The molecule has 1 atom stereocenters. The highest BCUT2D eigenvalue weighted by molar-refractivity contribution is 7.19. The SMILES string of the molecule is Cc1nc2sc3c(c2c2nc(-c4ccncc4)nn12)CC[NH+](C)C3. The third-order valence-corrected chi connectivity index (χ3v) is 5.80. The average Bonchev–Trinajstić information content (AvgIpc) is 3.16. The van der Waals surface area contributed by atoms with E-state index in [4.69, 9.17) is 15.1 Å². The van der Waals surface area contributed by atoms with Crippen LogP contribution in [-0.2, 0) is 13.0 Å². The molecule has 0 aliphatic carbocycles. The van der Waals surface area contributed by atoms with Crippen LogP contribution in [0.2, 0.25) is 0 Å². The van der Waals surface area contributed by atoms with Gasteiger partial charge in [-0.1, -0.05) is 0 Å². The van der Waals surface area contributed by atoms with Gasteiger partial charge in [-0.2, -0.15) is 4.52 Å². The zero-order valence-electron chi connectivity index (χ0n) is 13.6. The van der Waals surface area contributed by atoms with Crippen molar-refractivity contribution in [3.05, 3.63) is 40.8 Å². The highest BCUT2D eigenvalue weighted by Gasteiger charge is 2.25. The van der Waals surface area contributed by atoms with Crippen LogP contribution in [-0.4, -0.2) is 38.2 Å². The Morgan fingerprint density at radius 3 is 2.88 bits per heavy atom. The number of rotatable bonds is 1. The molecule has 0 amide bonds. The lowest BCUT2D eigenvalue weighted by Gasteiger charge is -2.19. The minimum absolute atomic E-state index is 0.730. The lowest BCUT2D eigenvalue weighted by atomic mass is 10.1. The highest BCUT2D eigenvalue weighted by Crippen LogP contribution is 2.34. The molecule has 0 saturated heterocycles. The molecule has 5 heterocycles. The fourth-order valence-electron chi connectivity index (χ4n) is 3.43. The molecule has 4 aromatic heterocycles. The molecule has 1 aliphatic heterocycles. The van der Waals surface area contributed by atoms with E-state index in [9.17, 15) is 0 Å². The first kappa shape index (κ1) is 14.0. The molecule has 0 spiro atoms. The van der Waals surface area contributed by atoms with Crippen molar-refractivity contribution in [3.8, 4) is 11.4 Å². The molecule has 0 aromatic carbocycles. The number of hydrogen-bond donors (Lipinski definition) is 1. The van der Waals surface area contributed by atoms with Gasteiger partial charge in [0, 0.05) is 24.4 Å². The molecular weight excluding hydrogens is 320 g/mol. The van der Waals surface area contributed by atoms with Crippen LogP contribution in [0.15, 0.2) is 24.5 Å². The molecule has 6 nitrogen and oxygen atoms in total. The molecule has 0 radical (unpaired) electrons. The molecule has 1 unspecified atom stereocenters. The minimum Gasteiger partial charge on any atom is -0.333 e. The van der Waals surface area contributed by atoms with Gasteiger partial charge >= 0.3 is 0 Å². The second-order valence-electron chi connectivity index (χ2n) is 6.38. The first-order chi connectivity index (χ1) is 11.7. The van der Waals surface area contributed by atoms with E-state index in [1.807, 2.05) is 34.9 Å². The second kappa shape index (κ2) is 5.06. The predicted octanol–water partition coefficient (Wildman–Crippen LogP) is 1.28. The molecule has 0 fully saturated rings. The third-order valence-electron chi connectivity index (χ3n) is 4.68. The van der Waals surface area contributed by atoms with E-state index >= 15 is 0 Å². The van der Waals surface area contributed by atoms with Gasteiger partial charge in [0.25, 0.3) is 0 Å². The number of likely N-dealkylation sites (N-methyl/N-ethyl adjacent to an activating group) is 1. The van der Waals surface area contributed by atoms with E-state index in [2.05, 4.69) is 12.0 Å². The van der Waals surface area contributed by atoms with Gasteiger partial charge in [0.1, 0.15) is 17.2 Å². The Morgan fingerprint density at radius 2 is 2.04 bits per heavy atom. The Balaban J connectivity index is 1.82. The number of pyridine rings is 1. The lowest BCUT2D eigenvalue weighted by Crippen LogP contribution is -3.08. The number of hydrogen-bond acceptors (Lipinski definition) is 5. The molecule has 1 aliphatic rings. The summed E-state index contributed by atoms with van der Waals surface area (Å²) in [6, 6.07) is 3.88. The molecule has 24 heavy (non-hydrogen) atoms. The Labute approximate surface area is 142 Å². The van der Waals surface area contributed by atoms with Crippen LogP contribution in [0.25, 0.3) is 27.3 Å². The third kappa shape index (κ3) is 1.98. The van der Waals surface area contributed by atoms with Crippen LogP contribution >= 0.6 is 11.3 Å². The number of fused-ring (bicyclic) bond motifs is 5. The van der Waals surface area contributed by atoms with Crippen LogP contribution in [0.1, 0.15) is 16.3 Å². The standard InChI is InChI=1S/C17H16N6S/c1-10-19-17-14(12-5-8-22(2)9-13(12)24-17)16-20-15(21-23(10)16)11-3-6-18-7-4-11/h3-4,6-7H,5,8-9H2,1-2H3/p+1. The van der Waals surface area contributed by atoms with Crippen LogP contribution < -0.4 is 4.90 Å². The summed E-state index contributed by atoms with van der Waals surface area (Å²) in [6.07, 6.45) is 4.62. The van der Waals surface area contributed by atoms with E-state index in [0.717, 1.165) is 47.2 Å². The van der Waals surface area contributed by atoms with Crippen molar-refractivity contribution in [2.24, 2.45) is 0 Å². The van der Waals surface area contributed by atoms with Crippen molar-refractivity contribution in [2.75, 3.05) is 13.6 Å².